The molecule has 0 aromatic heterocycles. The average Bonchev–Trinajstić information content (AvgIpc) is 2.92. The van der Waals surface area contributed by atoms with Gasteiger partial charge in [-0.15, -0.1) is 0 Å². The number of rotatable bonds is 11. The Morgan fingerprint density at radius 3 is 1.88 bits per heavy atom. The fraction of sp³-hybridized carbons (Fsp3) is 0.226. The highest BCUT2D eigenvalue weighted by Gasteiger charge is 2.37. The third kappa shape index (κ3) is 7.34. The van der Waals surface area contributed by atoms with Crippen molar-refractivity contribution in [2.45, 2.75) is 42.1 Å². The number of hydrogen-bond acceptors (Lipinski definition) is 7. The molecule has 41 heavy (non-hydrogen) atoms. The van der Waals surface area contributed by atoms with E-state index in [1.165, 1.54) is 25.1 Å². The third-order valence-electron chi connectivity index (χ3n) is 6.96. The van der Waals surface area contributed by atoms with E-state index in [9.17, 15) is 21.9 Å². The number of hydrogen-bond donors (Lipinski definition) is 3. The topological polar surface area (TPSA) is 150 Å². The zero-order valence-corrected chi connectivity index (χ0v) is 24.5. The molecular weight excluding hydrogens is 560 g/mol. The van der Waals surface area contributed by atoms with Crippen molar-refractivity contribution < 1.29 is 26.7 Å². The highest BCUT2D eigenvalue weighted by atomic mass is 32.2. The van der Waals surface area contributed by atoms with Crippen molar-refractivity contribution >= 4 is 25.5 Å². The minimum absolute atomic E-state index is 0.0980. The van der Waals surface area contributed by atoms with Crippen molar-refractivity contribution in [3.05, 3.63) is 125 Å². The molecule has 0 heterocycles. The summed E-state index contributed by atoms with van der Waals surface area (Å²) in [7, 11) is -7.78. The second-order valence-corrected chi connectivity index (χ2v) is 13.8. The van der Waals surface area contributed by atoms with Crippen LogP contribution in [0.4, 0.5) is 5.69 Å². The van der Waals surface area contributed by atoms with Crippen LogP contribution in [0.15, 0.2) is 102 Å². The van der Waals surface area contributed by atoms with Crippen molar-refractivity contribution in [3.63, 3.8) is 0 Å². The lowest BCUT2D eigenvalue weighted by Gasteiger charge is -2.30. The second-order valence-electron chi connectivity index (χ2n) is 10.1. The number of benzene rings is 4. The lowest BCUT2D eigenvalue weighted by Crippen LogP contribution is -2.29. The van der Waals surface area contributed by atoms with Gasteiger partial charge in [0.25, 0.3) is 0 Å². The van der Waals surface area contributed by atoms with Crippen molar-refractivity contribution in [2.75, 3.05) is 12.0 Å². The summed E-state index contributed by atoms with van der Waals surface area (Å²) in [6, 6.07) is 27.9. The molecule has 0 bridgehead atoms. The second kappa shape index (κ2) is 12.4. The molecule has 4 aromatic rings. The van der Waals surface area contributed by atoms with Gasteiger partial charge in [-0.1, -0.05) is 78.9 Å². The fourth-order valence-corrected chi connectivity index (χ4v) is 6.91. The van der Waals surface area contributed by atoms with Crippen LogP contribution in [0.5, 0.6) is 5.75 Å². The smallest absolute Gasteiger partial charge is 0.216 e. The number of sulfone groups is 1. The summed E-state index contributed by atoms with van der Waals surface area (Å²) in [6.07, 6.45) is 0.314. The van der Waals surface area contributed by atoms with Crippen molar-refractivity contribution in [1.29, 1.82) is 0 Å². The van der Waals surface area contributed by atoms with Crippen LogP contribution < -0.4 is 15.6 Å². The summed E-state index contributed by atoms with van der Waals surface area (Å²) in [4.78, 5) is 0.114. The van der Waals surface area contributed by atoms with Crippen LogP contribution in [0.3, 0.4) is 0 Å². The first kappa shape index (κ1) is 30.3. The van der Waals surface area contributed by atoms with Gasteiger partial charge in [0, 0.05) is 29.0 Å². The van der Waals surface area contributed by atoms with E-state index in [1.807, 2.05) is 60.7 Å². The summed E-state index contributed by atoms with van der Waals surface area (Å²) in [5, 5.41) is 15.3. The van der Waals surface area contributed by atoms with E-state index in [1.54, 1.807) is 18.2 Å². The van der Waals surface area contributed by atoms with Gasteiger partial charge in [0.05, 0.1) is 11.0 Å². The van der Waals surface area contributed by atoms with E-state index >= 15 is 0 Å². The molecule has 0 aliphatic carbocycles. The minimum Gasteiger partial charge on any atom is -0.488 e. The molecule has 0 spiro atoms. The Balaban J connectivity index is 1.93. The number of aliphatic hydroxyl groups is 1. The summed E-state index contributed by atoms with van der Waals surface area (Å²) in [5.74, 6) is -0.598. The van der Waals surface area contributed by atoms with Crippen LogP contribution >= 0.6 is 0 Å². The maximum Gasteiger partial charge on any atom is 0.216 e. The summed E-state index contributed by atoms with van der Waals surface area (Å²) >= 11 is 0. The van der Waals surface area contributed by atoms with Gasteiger partial charge in [-0.2, -0.15) is 0 Å². The Labute approximate surface area is 241 Å². The molecule has 0 aliphatic rings. The number of anilines is 1. The Morgan fingerprint density at radius 2 is 1.37 bits per heavy atom. The van der Waals surface area contributed by atoms with E-state index in [0.717, 1.165) is 17.4 Å². The predicted molar refractivity (Wildman–Crippen MR) is 161 cm³/mol. The molecule has 3 unspecified atom stereocenters. The number of nitrogens with two attached hydrogens (primary N) is 2. The van der Waals surface area contributed by atoms with Gasteiger partial charge in [-0.3, -0.25) is 0 Å². The van der Waals surface area contributed by atoms with Gasteiger partial charge < -0.3 is 15.6 Å². The lowest BCUT2D eigenvalue weighted by molar-refractivity contribution is 0.190. The van der Waals surface area contributed by atoms with Crippen molar-refractivity contribution in [3.8, 4) is 5.75 Å². The van der Waals surface area contributed by atoms with E-state index in [2.05, 4.69) is 0 Å². The molecule has 0 aliphatic heterocycles. The van der Waals surface area contributed by atoms with Crippen LogP contribution in [-0.4, -0.2) is 28.2 Å². The molecule has 0 saturated heterocycles. The fourth-order valence-electron chi connectivity index (χ4n) is 5.03. The Kier molecular flexibility index (Phi) is 9.18. The zero-order valence-electron chi connectivity index (χ0n) is 22.8. The Morgan fingerprint density at radius 1 is 0.805 bits per heavy atom. The maximum absolute atomic E-state index is 13.5. The van der Waals surface area contributed by atoms with Gasteiger partial charge >= 0.3 is 0 Å². The minimum atomic E-state index is -4.31. The quantitative estimate of drug-likeness (QED) is 0.214. The van der Waals surface area contributed by atoms with E-state index in [-0.39, 0.29) is 40.5 Å². The lowest BCUT2D eigenvalue weighted by atomic mass is 9.85. The molecule has 4 rings (SSSR count). The maximum atomic E-state index is 13.5. The number of primary sulfonamides is 1. The summed E-state index contributed by atoms with van der Waals surface area (Å²) in [5.41, 5.74) is 9.29. The first-order valence-corrected chi connectivity index (χ1v) is 16.5. The molecule has 0 radical (unpaired) electrons. The van der Waals surface area contributed by atoms with Crippen LogP contribution in [0.25, 0.3) is 0 Å². The largest absolute Gasteiger partial charge is 0.488 e. The van der Waals surface area contributed by atoms with Crippen molar-refractivity contribution in [1.82, 2.24) is 0 Å². The zero-order chi connectivity index (χ0) is 29.8. The molecule has 4 aromatic carbocycles. The van der Waals surface area contributed by atoms with E-state index < -0.39 is 37.1 Å². The molecular formula is C31H34N2O6S2. The SMILES string of the molecule is CC(O)c1c(N)ccc(C(C(Cc2ccccc2)c2ccc(S(C)(=O)=O)cc2)S(N)(=O)=O)c1OCc1ccccc1. The third-order valence-corrected chi connectivity index (χ3v) is 9.38. The highest BCUT2D eigenvalue weighted by molar-refractivity contribution is 7.90. The Hall–Kier alpha value is -3.70. The van der Waals surface area contributed by atoms with Gasteiger partial charge in [0.2, 0.25) is 10.0 Å². The first-order valence-electron chi connectivity index (χ1n) is 13.0. The molecule has 0 fully saturated rings. The van der Waals surface area contributed by atoms with Crippen LogP contribution in [-0.2, 0) is 32.9 Å². The molecule has 0 amide bonds. The molecule has 5 N–H and O–H groups in total. The molecule has 10 heteroatoms. The normalized spacial score (nSPS) is 14.2. The van der Waals surface area contributed by atoms with E-state index in [4.69, 9.17) is 15.6 Å². The van der Waals surface area contributed by atoms with Crippen LogP contribution in [0, 0.1) is 0 Å². The van der Waals surface area contributed by atoms with Crippen LogP contribution in [0.1, 0.15) is 52.0 Å². The number of aliphatic hydroxyl groups excluding tert-OH is 1. The van der Waals surface area contributed by atoms with Gasteiger partial charge in [0.15, 0.2) is 9.84 Å². The monoisotopic (exact) mass is 594 g/mol. The van der Waals surface area contributed by atoms with E-state index in [0.29, 0.717) is 5.56 Å². The standard InChI is InChI=1S/C31H34N2O6S2/c1-21(34)29-28(32)18-17-26(30(29)39-20-23-11-7-4-8-12-23)31(41(33,37)38)27(19-22-9-5-3-6-10-22)24-13-15-25(16-14-24)40(2,35)36/h3-18,21,27,31,34H,19-20,32H2,1-2H3,(H2,33,37,38). The Bertz CT molecular complexity index is 1690. The van der Waals surface area contributed by atoms with Gasteiger partial charge in [0.1, 0.15) is 17.6 Å². The number of ether oxygens (including phenoxy) is 1. The molecule has 0 saturated carbocycles. The van der Waals surface area contributed by atoms with Gasteiger partial charge in [-0.05, 0) is 48.2 Å². The van der Waals surface area contributed by atoms with Crippen molar-refractivity contribution in [2.24, 2.45) is 5.14 Å². The number of sulfonamides is 1. The summed E-state index contributed by atoms with van der Waals surface area (Å²) in [6.45, 7) is 1.63. The first-order chi connectivity index (χ1) is 19.4. The molecule has 3 atom stereocenters. The highest BCUT2D eigenvalue weighted by Crippen LogP contribution is 2.46. The predicted octanol–water partition coefficient (Wildman–Crippen LogP) is 4.66. The number of nitrogen functional groups attached to an aromatic ring is 1. The molecule has 216 valence electrons. The van der Waals surface area contributed by atoms with Crippen LogP contribution in [0.2, 0.25) is 0 Å². The van der Waals surface area contributed by atoms with Gasteiger partial charge in [-0.25, -0.2) is 22.0 Å². The average molecular weight is 595 g/mol. The summed E-state index contributed by atoms with van der Waals surface area (Å²) < 4.78 is 57.4. The molecule has 8 nitrogen and oxygen atoms in total.